The number of nitrogens with one attached hydrogen (secondary N) is 1. The average Bonchev–Trinajstić information content (AvgIpc) is 3.57. The van der Waals surface area contributed by atoms with Gasteiger partial charge in [-0.3, -0.25) is 14.4 Å². The number of benzene rings is 1. The topological polar surface area (TPSA) is 71.4 Å². The molecule has 1 fully saturated rings. The zero-order chi connectivity index (χ0) is 21.3. The SMILES string of the molecule is CCCC(=O)N1CCc2c(cn(C3CC3)c(=O)c2C(=O)NCc2cccc(Cl)c2)C1. The molecule has 1 aromatic carbocycles. The van der Waals surface area contributed by atoms with Crippen LogP contribution < -0.4 is 10.9 Å². The molecule has 1 aliphatic carbocycles. The molecule has 2 amide bonds. The quantitative estimate of drug-likeness (QED) is 0.767. The number of nitrogens with zero attached hydrogens (tertiary/aromatic N) is 2. The van der Waals surface area contributed by atoms with Crippen LogP contribution in [-0.4, -0.2) is 27.8 Å². The van der Waals surface area contributed by atoms with Gasteiger partial charge in [-0.2, -0.15) is 0 Å². The van der Waals surface area contributed by atoms with Crippen molar-refractivity contribution >= 4 is 23.4 Å². The Labute approximate surface area is 180 Å². The molecule has 2 aliphatic rings. The minimum absolute atomic E-state index is 0.124. The molecule has 0 saturated heterocycles. The summed E-state index contributed by atoms with van der Waals surface area (Å²) in [7, 11) is 0. The van der Waals surface area contributed by atoms with Crippen LogP contribution in [0.5, 0.6) is 0 Å². The molecule has 1 aromatic heterocycles. The van der Waals surface area contributed by atoms with E-state index < -0.39 is 0 Å². The molecule has 158 valence electrons. The zero-order valence-corrected chi connectivity index (χ0v) is 17.9. The molecule has 6 nitrogen and oxygen atoms in total. The third-order valence-corrected chi connectivity index (χ3v) is 5.99. The Morgan fingerprint density at radius 3 is 2.77 bits per heavy atom. The first-order valence-corrected chi connectivity index (χ1v) is 10.9. The van der Waals surface area contributed by atoms with E-state index in [0.29, 0.717) is 37.5 Å². The summed E-state index contributed by atoms with van der Waals surface area (Å²) in [5.74, 6) is -0.237. The fourth-order valence-corrected chi connectivity index (χ4v) is 4.25. The summed E-state index contributed by atoms with van der Waals surface area (Å²) >= 11 is 6.02. The highest BCUT2D eigenvalue weighted by atomic mass is 35.5. The zero-order valence-electron chi connectivity index (χ0n) is 17.1. The minimum Gasteiger partial charge on any atom is -0.348 e. The Hall–Kier alpha value is -2.60. The fourth-order valence-electron chi connectivity index (χ4n) is 4.04. The summed E-state index contributed by atoms with van der Waals surface area (Å²) in [6.07, 6.45) is 5.60. The Morgan fingerprint density at radius 2 is 2.07 bits per heavy atom. The van der Waals surface area contributed by atoms with Crippen molar-refractivity contribution in [2.75, 3.05) is 6.54 Å². The lowest BCUT2D eigenvalue weighted by atomic mass is 9.95. The number of fused-ring (bicyclic) bond motifs is 1. The van der Waals surface area contributed by atoms with Gasteiger partial charge in [0.2, 0.25) is 5.91 Å². The van der Waals surface area contributed by atoms with Gasteiger partial charge in [-0.05, 0) is 54.5 Å². The predicted octanol–water partition coefficient (Wildman–Crippen LogP) is 3.45. The van der Waals surface area contributed by atoms with Gasteiger partial charge in [0, 0.05) is 43.3 Å². The highest BCUT2D eigenvalue weighted by molar-refractivity contribution is 6.30. The van der Waals surface area contributed by atoms with E-state index in [4.69, 9.17) is 11.6 Å². The fraction of sp³-hybridized carbons (Fsp3) is 0.435. The summed E-state index contributed by atoms with van der Waals surface area (Å²) in [5.41, 5.74) is 2.56. The molecular formula is C23H26ClN3O3. The molecule has 1 saturated carbocycles. The van der Waals surface area contributed by atoms with E-state index in [1.807, 2.05) is 30.2 Å². The number of halogens is 1. The monoisotopic (exact) mass is 427 g/mol. The van der Waals surface area contributed by atoms with Crippen LogP contribution in [0.3, 0.4) is 0 Å². The second-order valence-electron chi connectivity index (χ2n) is 8.08. The molecule has 1 aliphatic heterocycles. The minimum atomic E-state index is -0.362. The van der Waals surface area contributed by atoms with Crippen LogP contribution in [0, 0.1) is 0 Å². The molecule has 2 heterocycles. The van der Waals surface area contributed by atoms with Crippen molar-refractivity contribution in [3.8, 4) is 0 Å². The van der Waals surface area contributed by atoms with Crippen LogP contribution in [0.1, 0.15) is 65.7 Å². The second kappa shape index (κ2) is 8.64. The Morgan fingerprint density at radius 1 is 1.27 bits per heavy atom. The molecule has 1 N–H and O–H groups in total. The molecule has 7 heteroatoms. The first-order valence-electron chi connectivity index (χ1n) is 10.5. The van der Waals surface area contributed by atoms with Gasteiger partial charge in [0.15, 0.2) is 0 Å². The molecule has 2 aromatic rings. The van der Waals surface area contributed by atoms with Crippen molar-refractivity contribution in [2.24, 2.45) is 0 Å². The number of hydrogen-bond acceptors (Lipinski definition) is 3. The maximum atomic E-state index is 13.1. The summed E-state index contributed by atoms with van der Waals surface area (Å²) < 4.78 is 1.70. The largest absolute Gasteiger partial charge is 0.348 e. The summed E-state index contributed by atoms with van der Waals surface area (Å²) in [6.45, 7) is 3.28. The third-order valence-electron chi connectivity index (χ3n) is 5.75. The van der Waals surface area contributed by atoms with E-state index in [0.717, 1.165) is 36.0 Å². The number of hydrogen-bond donors (Lipinski definition) is 1. The molecule has 30 heavy (non-hydrogen) atoms. The van der Waals surface area contributed by atoms with Crippen molar-refractivity contribution < 1.29 is 9.59 Å². The van der Waals surface area contributed by atoms with Crippen LogP contribution in [0.2, 0.25) is 5.02 Å². The van der Waals surface area contributed by atoms with Crippen molar-refractivity contribution in [3.05, 3.63) is 68.1 Å². The van der Waals surface area contributed by atoms with E-state index >= 15 is 0 Å². The summed E-state index contributed by atoms with van der Waals surface area (Å²) in [5, 5.41) is 3.49. The molecule has 0 radical (unpaired) electrons. The summed E-state index contributed by atoms with van der Waals surface area (Å²) in [6, 6.07) is 7.44. The second-order valence-corrected chi connectivity index (χ2v) is 8.52. The first-order chi connectivity index (χ1) is 14.5. The third kappa shape index (κ3) is 4.29. The van der Waals surface area contributed by atoms with Gasteiger partial charge >= 0.3 is 0 Å². The van der Waals surface area contributed by atoms with E-state index in [1.165, 1.54) is 0 Å². The van der Waals surface area contributed by atoms with Crippen molar-refractivity contribution in [1.29, 1.82) is 0 Å². The summed E-state index contributed by atoms with van der Waals surface area (Å²) in [4.78, 5) is 40.4. The maximum absolute atomic E-state index is 13.1. The molecule has 0 atom stereocenters. The normalized spacial score (nSPS) is 15.6. The number of aromatic nitrogens is 1. The standard InChI is InChI=1S/C23H26ClN3O3/c1-2-4-20(28)26-10-9-19-16(13-26)14-27(18-7-8-18)23(30)21(19)22(29)25-12-15-5-3-6-17(24)11-15/h3,5-6,11,14,18H,2,4,7-10,12-13H2,1H3,(H,25,29). The maximum Gasteiger partial charge on any atom is 0.263 e. The number of amides is 2. The van der Waals surface area contributed by atoms with Crippen LogP contribution >= 0.6 is 11.6 Å². The van der Waals surface area contributed by atoms with Gasteiger partial charge in [-0.1, -0.05) is 30.7 Å². The highest BCUT2D eigenvalue weighted by Gasteiger charge is 2.32. The highest BCUT2D eigenvalue weighted by Crippen LogP contribution is 2.35. The van der Waals surface area contributed by atoms with Gasteiger partial charge in [-0.15, -0.1) is 0 Å². The molecular weight excluding hydrogens is 402 g/mol. The number of carbonyl (C=O) groups excluding carboxylic acids is 2. The number of pyridine rings is 1. The van der Waals surface area contributed by atoms with Gasteiger partial charge in [-0.25, -0.2) is 0 Å². The Balaban J connectivity index is 1.63. The van der Waals surface area contributed by atoms with Crippen LogP contribution in [0.4, 0.5) is 0 Å². The van der Waals surface area contributed by atoms with Crippen LogP contribution in [0.15, 0.2) is 35.3 Å². The van der Waals surface area contributed by atoms with E-state index in [-0.39, 0.29) is 29.0 Å². The van der Waals surface area contributed by atoms with Crippen molar-refractivity contribution in [1.82, 2.24) is 14.8 Å². The number of carbonyl (C=O) groups is 2. The van der Waals surface area contributed by atoms with Crippen LogP contribution in [-0.2, 0) is 24.3 Å². The van der Waals surface area contributed by atoms with E-state index in [1.54, 1.807) is 16.7 Å². The average molecular weight is 428 g/mol. The van der Waals surface area contributed by atoms with Crippen molar-refractivity contribution in [2.45, 2.75) is 58.2 Å². The van der Waals surface area contributed by atoms with Gasteiger partial charge in [0.05, 0.1) is 0 Å². The van der Waals surface area contributed by atoms with Gasteiger partial charge in [0.1, 0.15) is 5.56 Å². The number of rotatable bonds is 6. The lowest BCUT2D eigenvalue weighted by Crippen LogP contribution is -2.41. The smallest absolute Gasteiger partial charge is 0.263 e. The molecule has 0 unspecified atom stereocenters. The van der Waals surface area contributed by atoms with E-state index in [9.17, 15) is 14.4 Å². The molecule has 4 rings (SSSR count). The molecule has 0 bridgehead atoms. The van der Waals surface area contributed by atoms with Crippen LogP contribution in [0.25, 0.3) is 0 Å². The Kier molecular flexibility index (Phi) is 5.95. The Bertz CT molecular complexity index is 1040. The lowest BCUT2D eigenvalue weighted by Gasteiger charge is -2.30. The van der Waals surface area contributed by atoms with E-state index in [2.05, 4.69) is 5.32 Å². The first kappa shape index (κ1) is 20.7. The van der Waals surface area contributed by atoms with Crippen molar-refractivity contribution in [3.63, 3.8) is 0 Å². The van der Waals surface area contributed by atoms with Gasteiger partial charge < -0.3 is 14.8 Å². The predicted molar refractivity (Wildman–Crippen MR) is 116 cm³/mol. The lowest BCUT2D eigenvalue weighted by molar-refractivity contribution is -0.132. The molecule has 0 spiro atoms. The van der Waals surface area contributed by atoms with Gasteiger partial charge in [0.25, 0.3) is 11.5 Å².